The maximum absolute atomic E-state index is 11.8. The standard InChI is InChI=1S/C15H11Br2ClO3/c1-9-6-10(16)7-13(17)15(9)20-8-14(19)21-12-4-2-11(18)3-5-12/h2-7H,8H2,1H3. The zero-order chi connectivity index (χ0) is 15.4. The second-order valence-corrected chi connectivity index (χ2v) is 6.46. The van der Waals surface area contributed by atoms with Crippen LogP contribution in [-0.4, -0.2) is 12.6 Å². The van der Waals surface area contributed by atoms with Crippen LogP contribution in [0.1, 0.15) is 5.56 Å². The molecule has 0 aliphatic heterocycles. The van der Waals surface area contributed by atoms with E-state index in [4.69, 9.17) is 21.1 Å². The molecule has 0 heterocycles. The van der Waals surface area contributed by atoms with E-state index in [1.165, 1.54) is 0 Å². The fraction of sp³-hybridized carbons (Fsp3) is 0.133. The van der Waals surface area contributed by atoms with E-state index in [2.05, 4.69) is 31.9 Å². The predicted octanol–water partition coefficient (Wildman–Crippen LogP) is 5.16. The van der Waals surface area contributed by atoms with Crippen molar-refractivity contribution >= 4 is 49.4 Å². The Hall–Kier alpha value is -1.04. The highest BCUT2D eigenvalue weighted by Gasteiger charge is 2.11. The summed E-state index contributed by atoms with van der Waals surface area (Å²) in [6.07, 6.45) is 0. The predicted molar refractivity (Wildman–Crippen MR) is 89.2 cm³/mol. The molecule has 110 valence electrons. The molecule has 2 aromatic carbocycles. The molecule has 6 heteroatoms. The van der Waals surface area contributed by atoms with Crippen molar-refractivity contribution < 1.29 is 14.3 Å². The summed E-state index contributed by atoms with van der Waals surface area (Å²) >= 11 is 12.6. The van der Waals surface area contributed by atoms with Gasteiger partial charge in [0.05, 0.1) is 4.47 Å². The number of rotatable bonds is 4. The first kappa shape index (κ1) is 16.3. The molecular formula is C15H11Br2ClO3. The zero-order valence-electron chi connectivity index (χ0n) is 11.0. The molecule has 0 aliphatic carbocycles. The molecule has 0 saturated carbocycles. The van der Waals surface area contributed by atoms with Crippen molar-refractivity contribution in [3.8, 4) is 11.5 Å². The molecule has 3 nitrogen and oxygen atoms in total. The summed E-state index contributed by atoms with van der Waals surface area (Å²) in [6.45, 7) is 1.72. The van der Waals surface area contributed by atoms with E-state index in [0.29, 0.717) is 16.5 Å². The quantitative estimate of drug-likeness (QED) is 0.493. The van der Waals surface area contributed by atoms with Crippen molar-refractivity contribution in [2.45, 2.75) is 6.92 Å². The van der Waals surface area contributed by atoms with Crippen molar-refractivity contribution in [3.63, 3.8) is 0 Å². The van der Waals surface area contributed by atoms with E-state index >= 15 is 0 Å². The maximum atomic E-state index is 11.8. The van der Waals surface area contributed by atoms with Crippen LogP contribution in [0.4, 0.5) is 0 Å². The number of halogens is 3. The Morgan fingerprint density at radius 2 is 1.86 bits per heavy atom. The highest BCUT2D eigenvalue weighted by atomic mass is 79.9. The molecule has 0 aliphatic rings. The third-order valence-corrected chi connectivity index (χ3v) is 3.87. The number of carbonyl (C=O) groups excluding carboxylic acids is 1. The summed E-state index contributed by atoms with van der Waals surface area (Å²) in [6, 6.07) is 10.3. The van der Waals surface area contributed by atoms with Crippen LogP contribution >= 0.6 is 43.5 Å². The first-order chi connectivity index (χ1) is 9.95. The van der Waals surface area contributed by atoms with Crippen molar-refractivity contribution in [2.75, 3.05) is 6.61 Å². The van der Waals surface area contributed by atoms with Gasteiger partial charge in [-0.05, 0) is 64.8 Å². The lowest BCUT2D eigenvalue weighted by Crippen LogP contribution is -2.18. The van der Waals surface area contributed by atoms with Gasteiger partial charge in [-0.15, -0.1) is 0 Å². The van der Waals surface area contributed by atoms with Gasteiger partial charge in [-0.1, -0.05) is 27.5 Å². The van der Waals surface area contributed by atoms with E-state index in [-0.39, 0.29) is 6.61 Å². The number of ether oxygens (including phenoxy) is 2. The lowest BCUT2D eigenvalue weighted by atomic mass is 10.2. The topological polar surface area (TPSA) is 35.5 Å². The molecule has 0 spiro atoms. The van der Waals surface area contributed by atoms with Gasteiger partial charge in [-0.25, -0.2) is 4.79 Å². The summed E-state index contributed by atoms with van der Waals surface area (Å²) < 4.78 is 12.4. The van der Waals surface area contributed by atoms with Crippen molar-refractivity contribution in [2.24, 2.45) is 0 Å². The van der Waals surface area contributed by atoms with Gasteiger partial charge in [-0.2, -0.15) is 0 Å². The van der Waals surface area contributed by atoms with Crippen molar-refractivity contribution in [1.29, 1.82) is 0 Å². The molecule has 0 N–H and O–H groups in total. The molecule has 0 radical (unpaired) electrons. The zero-order valence-corrected chi connectivity index (χ0v) is 15.0. The first-order valence-electron chi connectivity index (χ1n) is 6.00. The SMILES string of the molecule is Cc1cc(Br)cc(Br)c1OCC(=O)Oc1ccc(Cl)cc1. The van der Waals surface area contributed by atoms with Crippen LogP contribution in [0.2, 0.25) is 5.02 Å². The normalized spacial score (nSPS) is 10.3. The fourth-order valence-electron chi connectivity index (χ4n) is 1.67. The molecule has 0 bridgehead atoms. The molecule has 0 aromatic heterocycles. The van der Waals surface area contributed by atoms with Crippen LogP contribution in [0, 0.1) is 6.92 Å². The molecule has 0 atom stereocenters. The number of carbonyl (C=O) groups is 1. The lowest BCUT2D eigenvalue weighted by Gasteiger charge is -2.11. The van der Waals surface area contributed by atoms with E-state index in [9.17, 15) is 4.79 Å². The Kier molecular flexibility index (Phi) is 5.67. The minimum Gasteiger partial charge on any atom is -0.480 e. The van der Waals surface area contributed by atoms with Gasteiger partial charge in [0.15, 0.2) is 6.61 Å². The molecule has 2 aromatic rings. The summed E-state index contributed by atoms with van der Waals surface area (Å²) in [5.74, 6) is 0.567. The largest absolute Gasteiger partial charge is 0.480 e. The van der Waals surface area contributed by atoms with Crippen molar-refractivity contribution in [3.05, 3.63) is 55.9 Å². The van der Waals surface area contributed by atoms with Crippen LogP contribution in [0.25, 0.3) is 0 Å². The number of hydrogen-bond acceptors (Lipinski definition) is 3. The maximum Gasteiger partial charge on any atom is 0.349 e. The Morgan fingerprint density at radius 1 is 1.19 bits per heavy atom. The Bertz CT molecular complexity index is 633. The van der Waals surface area contributed by atoms with E-state index in [0.717, 1.165) is 14.5 Å². The molecule has 0 unspecified atom stereocenters. The van der Waals surface area contributed by atoms with Gasteiger partial charge in [0.1, 0.15) is 11.5 Å². The highest BCUT2D eigenvalue weighted by molar-refractivity contribution is 9.11. The van der Waals surface area contributed by atoms with E-state index in [1.54, 1.807) is 24.3 Å². The second kappa shape index (κ2) is 7.29. The van der Waals surface area contributed by atoms with Crippen LogP contribution in [0.3, 0.4) is 0 Å². The smallest absolute Gasteiger partial charge is 0.349 e. The average Bonchev–Trinajstić information content (AvgIpc) is 2.40. The highest BCUT2D eigenvalue weighted by Crippen LogP contribution is 2.32. The minimum absolute atomic E-state index is 0.177. The Morgan fingerprint density at radius 3 is 2.48 bits per heavy atom. The van der Waals surface area contributed by atoms with Gasteiger partial charge in [-0.3, -0.25) is 0 Å². The Labute approximate surface area is 144 Å². The average molecular weight is 435 g/mol. The number of aryl methyl sites for hydroxylation is 1. The van der Waals surface area contributed by atoms with Crippen LogP contribution in [-0.2, 0) is 4.79 Å². The summed E-state index contributed by atoms with van der Waals surface area (Å²) in [5.41, 5.74) is 0.913. The number of hydrogen-bond donors (Lipinski definition) is 0. The second-order valence-electron chi connectivity index (χ2n) is 4.25. The van der Waals surface area contributed by atoms with E-state index in [1.807, 2.05) is 19.1 Å². The summed E-state index contributed by atoms with van der Waals surface area (Å²) in [5, 5.41) is 0.584. The van der Waals surface area contributed by atoms with Gasteiger partial charge in [0.25, 0.3) is 0 Å². The van der Waals surface area contributed by atoms with Crippen LogP contribution in [0.15, 0.2) is 45.3 Å². The fourth-order valence-corrected chi connectivity index (χ4v) is 3.35. The van der Waals surface area contributed by atoms with Gasteiger partial charge >= 0.3 is 5.97 Å². The molecular weight excluding hydrogens is 423 g/mol. The Balaban J connectivity index is 1.97. The van der Waals surface area contributed by atoms with E-state index < -0.39 is 5.97 Å². The van der Waals surface area contributed by atoms with Gasteiger partial charge in [0, 0.05) is 9.50 Å². The molecule has 21 heavy (non-hydrogen) atoms. The third kappa shape index (κ3) is 4.73. The van der Waals surface area contributed by atoms with Crippen molar-refractivity contribution in [1.82, 2.24) is 0 Å². The van der Waals surface area contributed by atoms with Gasteiger partial charge < -0.3 is 9.47 Å². The molecule has 0 fully saturated rings. The molecule has 2 rings (SSSR count). The molecule has 0 amide bonds. The molecule has 0 saturated heterocycles. The van der Waals surface area contributed by atoms with Crippen LogP contribution in [0.5, 0.6) is 11.5 Å². The lowest BCUT2D eigenvalue weighted by molar-refractivity contribution is -0.136. The number of benzene rings is 2. The summed E-state index contributed by atoms with van der Waals surface area (Å²) in [7, 11) is 0. The summed E-state index contributed by atoms with van der Waals surface area (Å²) in [4.78, 5) is 11.8. The number of esters is 1. The third-order valence-electron chi connectivity index (χ3n) is 2.57. The monoisotopic (exact) mass is 432 g/mol. The van der Waals surface area contributed by atoms with Crippen LogP contribution < -0.4 is 9.47 Å². The van der Waals surface area contributed by atoms with Gasteiger partial charge in [0.2, 0.25) is 0 Å². The minimum atomic E-state index is -0.480. The first-order valence-corrected chi connectivity index (χ1v) is 7.97.